The molecule has 0 saturated carbocycles. The summed E-state index contributed by atoms with van der Waals surface area (Å²) < 4.78 is 0. The molecule has 3 nitrogen and oxygen atoms in total. The van der Waals surface area contributed by atoms with Crippen LogP contribution in [0.2, 0.25) is 0 Å². The molecular weight excluding hydrogens is 140 g/mol. The number of rotatable bonds is 1. The maximum atomic E-state index is 11.0. The number of nitrogens with one attached hydrogen (secondary N) is 1. The van der Waals surface area contributed by atoms with Gasteiger partial charge in [-0.15, -0.1) is 5.92 Å². The number of hydrogen-bond acceptors (Lipinski definition) is 1. The number of carbonyl (C=O) groups excluding carboxylic acids is 1. The average Bonchev–Trinajstić information content (AvgIpc) is 2.03. The van der Waals surface area contributed by atoms with Crippen molar-refractivity contribution in [2.45, 2.75) is 13.3 Å². The van der Waals surface area contributed by atoms with Gasteiger partial charge >= 0.3 is 6.03 Å². The molecule has 1 rings (SSSR count). The largest absolute Gasteiger partial charge is 0.338 e. The van der Waals surface area contributed by atoms with Crippen molar-refractivity contribution in [3.8, 4) is 11.8 Å². The number of hydrogen-bond donors (Lipinski definition) is 1. The van der Waals surface area contributed by atoms with Crippen molar-refractivity contribution in [2.24, 2.45) is 0 Å². The normalized spacial score (nSPS) is 16.8. The summed E-state index contributed by atoms with van der Waals surface area (Å²) in [5, 5.41) is 2.76. The summed E-state index contributed by atoms with van der Waals surface area (Å²) >= 11 is 0. The third-order valence-electron chi connectivity index (χ3n) is 1.61. The van der Waals surface area contributed by atoms with Crippen LogP contribution in [0.4, 0.5) is 4.79 Å². The van der Waals surface area contributed by atoms with Gasteiger partial charge in [0.25, 0.3) is 0 Å². The summed E-state index contributed by atoms with van der Waals surface area (Å²) in [4.78, 5) is 12.8. The lowest BCUT2D eigenvalue weighted by Crippen LogP contribution is -2.46. The molecule has 0 spiro atoms. The summed E-state index contributed by atoms with van der Waals surface area (Å²) in [5.74, 6) is 5.63. The van der Waals surface area contributed by atoms with E-state index in [1.807, 2.05) is 0 Å². The molecule has 2 amide bonds. The van der Waals surface area contributed by atoms with Crippen LogP contribution in [0.25, 0.3) is 0 Å². The Morgan fingerprint density at radius 3 is 3.18 bits per heavy atom. The Labute approximate surface area is 66.8 Å². The molecule has 0 bridgehead atoms. The molecule has 11 heavy (non-hydrogen) atoms. The molecule has 0 aromatic carbocycles. The van der Waals surface area contributed by atoms with Gasteiger partial charge in [-0.3, -0.25) is 0 Å². The average molecular weight is 152 g/mol. The quantitative estimate of drug-likeness (QED) is 0.543. The summed E-state index contributed by atoms with van der Waals surface area (Å²) in [6, 6.07) is 0.0130. The minimum atomic E-state index is 0.0130. The SMILES string of the molecule is CC#CCN1CCCNC1=O. The molecule has 1 aliphatic heterocycles. The fourth-order valence-electron chi connectivity index (χ4n) is 1.00. The van der Waals surface area contributed by atoms with Crippen molar-refractivity contribution in [3.05, 3.63) is 0 Å². The second kappa shape index (κ2) is 3.87. The van der Waals surface area contributed by atoms with E-state index in [-0.39, 0.29) is 6.03 Å². The fourth-order valence-corrected chi connectivity index (χ4v) is 1.00. The zero-order valence-corrected chi connectivity index (χ0v) is 6.68. The van der Waals surface area contributed by atoms with Crippen molar-refractivity contribution in [1.29, 1.82) is 0 Å². The van der Waals surface area contributed by atoms with E-state index in [9.17, 15) is 4.79 Å². The zero-order chi connectivity index (χ0) is 8.10. The maximum Gasteiger partial charge on any atom is 0.318 e. The Morgan fingerprint density at radius 2 is 2.55 bits per heavy atom. The number of urea groups is 1. The Balaban J connectivity index is 2.39. The highest BCUT2D eigenvalue weighted by molar-refractivity contribution is 5.75. The van der Waals surface area contributed by atoms with Crippen LogP contribution in [0.5, 0.6) is 0 Å². The number of amides is 2. The molecule has 0 radical (unpaired) electrons. The molecule has 3 heteroatoms. The van der Waals surface area contributed by atoms with Crippen LogP contribution in [0.1, 0.15) is 13.3 Å². The Kier molecular flexibility index (Phi) is 2.79. The Hall–Kier alpha value is -1.17. The Morgan fingerprint density at radius 1 is 1.73 bits per heavy atom. The van der Waals surface area contributed by atoms with E-state index in [0.717, 1.165) is 19.5 Å². The van der Waals surface area contributed by atoms with Crippen LogP contribution in [-0.2, 0) is 0 Å². The second-order valence-corrected chi connectivity index (χ2v) is 2.43. The van der Waals surface area contributed by atoms with Gasteiger partial charge in [0, 0.05) is 13.1 Å². The summed E-state index contributed by atoms with van der Waals surface area (Å²) in [7, 11) is 0. The van der Waals surface area contributed by atoms with Gasteiger partial charge in [-0.05, 0) is 13.3 Å². The Bertz CT molecular complexity index is 202. The summed E-state index contributed by atoms with van der Waals surface area (Å²) in [6.07, 6.45) is 1.02. The lowest BCUT2D eigenvalue weighted by atomic mass is 10.3. The zero-order valence-electron chi connectivity index (χ0n) is 6.68. The topological polar surface area (TPSA) is 32.3 Å². The van der Waals surface area contributed by atoms with Crippen molar-refractivity contribution >= 4 is 6.03 Å². The van der Waals surface area contributed by atoms with Gasteiger partial charge in [-0.25, -0.2) is 4.79 Å². The van der Waals surface area contributed by atoms with Crippen molar-refractivity contribution in [1.82, 2.24) is 10.2 Å². The van der Waals surface area contributed by atoms with E-state index < -0.39 is 0 Å². The molecule has 1 fully saturated rings. The first-order valence-corrected chi connectivity index (χ1v) is 3.77. The van der Waals surface area contributed by atoms with E-state index in [0.29, 0.717) is 6.54 Å². The third kappa shape index (κ3) is 2.15. The maximum absolute atomic E-state index is 11.0. The molecule has 0 aromatic rings. The molecule has 0 aliphatic carbocycles. The van der Waals surface area contributed by atoms with Gasteiger partial charge in [0.2, 0.25) is 0 Å². The molecule has 0 aromatic heterocycles. The number of nitrogens with zero attached hydrogens (tertiary/aromatic N) is 1. The molecule has 1 heterocycles. The van der Waals surface area contributed by atoms with Crippen molar-refractivity contribution in [3.63, 3.8) is 0 Å². The first kappa shape index (κ1) is 7.93. The van der Waals surface area contributed by atoms with E-state index in [1.165, 1.54) is 0 Å². The van der Waals surface area contributed by atoms with Gasteiger partial charge in [0.15, 0.2) is 0 Å². The van der Waals surface area contributed by atoms with Crippen LogP contribution in [-0.4, -0.2) is 30.6 Å². The van der Waals surface area contributed by atoms with Crippen LogP contribution in [0.3, 0.4) is 0 Å². The van der Waals surface area contributed by atoms with Crippen LogP contribution in [0.15, 0.2) is 0 Å². The summed E-state index contributed by atoms with van der Waals surface area (Å²) in [6.45, 7) is 3.97. The lowest BCUT2D eigenvalue weighted by Gasteiger charge is -2.25. The van der Waals surface area contributed by atoms with Crippen molar-refractivity contribution < 1.29 is 4.79 Å². The molecule has 1 N–H and O–H groups in total. The molecule has 1 aliphatic rings. The highest BCUT2D eigenvalue weighted by Crippen LogP contribution is 1.96. The van der Waals surface area contributed by atoms with Gasteiger partial charge in [0.05, 0.1) is 6.54 Å². The fraction of sp³-hybridized carbons (Fsp3) is 0.625. The predicted molar refractivity (Wildman–Crippen MR) is 43.0 cm³/mol. The van der Waals surface area contributed by atoms with Gasteiger partial charge in [0.1, 0.15) is 0 Å². The van der Waals surface area contributed by atoms with E-state index in [4.69, 9.17) is 0 Å². The number of carbonyl (C=O) groups is 1. The first-order valence-electron chi connectivity index (χ1n) is 3.77. The second-order valence-electron chi connectivity index (χ2n) is 2.43. The standard InChI is InChI=1S/C8H12N2O/c1-2-3-6-10-7-4-5-9-8(10)11/h4-7H2,1H3,(H,9,11). The molecule has 0 atom stereocenters. The minimum absolute atomic E-state index is 0.0130. The van der Waals surface area contributed by atoms with E-state index in [2.05, 4.69) is 17.2 Å². The van der Waals surface area contributed by atoms with E-state index in [1.54, 1.807) is 11.8 Å². The monoisotopic (exact) mass is 152 g/mol. The predicted octanol–water partition coefficient (Wildman–Crippen LogP) is 0.425. The van der Waals surface area contributed by atoms with Gasteiger partial charge < -0.3 is 10.2 Å². The smallest absolute Gasteiger partial charge is 0.318 e. The van der Waals surface area contributed by atoms with Crippen LogP contribution < -0.4 is 5.32 Å². The molecule has 0 unspecified atom stereocenters. The van der Waals surface area contributed by atoms with Crippen molar-refractivity contribution in [2.75, 3.05) is 19.6 Å². The van der Waals surface area contributed by atoms with Gasteiger partial charge in [-0.2, -0.15) is 0 Å². The van der Waals surface area contributed by atoms with Crippen LogP contribution >= 0.6 is 0 Å². The lowest BCUT2D eigenvalue weighted by molar-refractivity contribution is 0.193. The highest BCUT2D eigenvalue weighted by Gasteiger charge is 2.15. The summed E-state index contributed by atoms with van der Waals surface area (Å²) in [5.41, 5.74) is 0. The molecule has 1 saturated heterocycles. The first-order chi connectivity index (χ1) is 5.34. The van der Waals surface area contributed by atoms with Crippen LogP contribution in [0, 0.1) is 11.8 Å². The van der Waals surface area contributed by atoms with Gasteiger partial charge in [-0.1, -0.05) is 5.92 Å². The minimum Gasteiger partial charge on any atom is -0.338 e. The third-order valence-corrected chi connectivity index (χ3v) is 1.61. The van der Waals surface area contributed by atoms with E-state index >= 15 is 0 Å². The molecule has 60 valence electrons. The highest BCUT2D eigenvalue weighted by atomic mass is 16.2. The molecular formula is C8H12N2O.